The van der Waals surface area contributed by atoms with E-state index in [4.69, 9.17) is 22.3 Å². The van der Waals surface area contributed by atoms with Gasteiger partial charge in [0.2, 0.25) is 0 Å². The van der Waals surface area contributed by atoms with E-state index in [9.17, 15) is 8.42 Å². The Balaban J connectivity index is 3.25. The van der Waals surface area contributed by atoms with Crippen molar-refractivity contribution in [2.24, 2.45) is 5.92 Å². The van der Waals surface area contributed by atoms with Gasteiger partial charge >= 0.3 is 0 Å². The van der Waals surface area contributed by atoms with Crippen molar-refractivity contribution in [1.82, 2.24) is 9.78 Å². The summed E-state index contributed by atoms with van der Waals surface area (Å²) in [6, 6.07) is 0. The fraction of sp³-hybridized carbons (Fsp3) is 0.727. The Kier molecular flexibility index (Phi) is 5.09. The molecule has 0 saturated heterocycles. The highest BCUT2D eigenvalue weighted by molar-refractivity contribution is 8.13. The Bertz CT molecular complexity index is 521. The van der Waals surface area contributed by atoms with Crippen LogP contribution in [0.1, 0.15) is 45.7 Å². The lowest BCUT2D eigenvalue weighted by atomic mass is 10.1. The van der Waals surface area contributed by atoms with E-state index in [0.717, 1.165) is 6.42 Å². The molecule has 0 saturated carbocycles. The van der Waals surface area contributed by atoms with Gasteiger partial charge in [-0.15, -0.1) is 0 Å². The summed E-state index contributed by atoms with van der Waals surface area (Å²) in [5.41, 5.74) is 0.429. The molecule has 1 aromatic rings. The van der Waals surface area contributed by atoms with Crippen LogP contribution in [0.3, 0.4) is 0 Å². The zero-order valence-electron chi connectivity index (χ0n) is 10.9. The molecule has 0 aliphatic carbocycles. The van der Waals surface area contributed by atoms with Gasteiger partial charge in [-0.2, -0.15) is 5.10 Å². The zero-order chi connectivity index (χ0) is 14.1. The molecule has 1 heterocycles. The SMILES string of the molecule is CC(C)CCn1nc(C(C)C)c(S(=O)(=O)Cl)c1Cl. The lowest BCUT2D eigenvalue weighted by molar-refractivity contribution is 0.483. The van der Waals surface area contributed by atoms with Crippen molar-refractivity contribution in [2.75, 3.05) is 0 Å². The van der Waals surface area contributed by atoms with Gasteiger partial charge in [-0.25, -0.2) is 8.42 Å². The Hall–Kier alpha value is -0.260. The van der Waals surface area contributed by atoms with E-state index in [1.54, 1.807) is 0 Å². The van der Waals surface area contributed by atoms with E-state index in [-0.39, 0.29) is 16.0 Å². The van der Waals surface area contributed by atoms with E-state index in [0.29, 0.717) is 18.2 Å². The Morgan fingerprint density at radius 1 is 1.28 bits per heavy atom. The third-order valence-corrected chi connectivity index (χ3v) is 4.43. The van der Waals surface area contributed by atoms with Gasteiger partial charge in [0.1, 0.15) is 10.0 Å². The lowest BCUT2D eigenvalue weighted by Crippen LogP contribution is -2.04. The van der Waals surface area contributed by atoms with Crippen LogP contribution < -0.4 is 0 Å². The molecular formula is C11H18Cl2N2O2S. The second-order valence-electron chi connectivity index (χ2n) is 5.00. The number of hydrogen-bond acceptors (Lipinski definition) is 3. The Labute approximate surface area is 118 Å². The van der Waals surface area contributed by atoms with Crippen molar-refractivity contribution >= 4 is 31.3 Å². The average Bonchev–Trinajstić information content (AvgIpc) is 2.52. The molecule has 18 heavy (non-hydrogen) atoms. The molecule has 0 aliphatic heterocycles. The molecule has 0 aliphatic rings. The molecule has 0 bridgehead atoms. The maximum atomic E-state index is 11.6. The molecule has 0 N–H and O–H groups in total. The predicted octanol–water partition coefficient (Wildman–Crippen LogP) is 3.63. The topological polar surface area (TPSA) is 52.0 Å². The van der Waals surface area contributed by atoms with E-state index in [1.165, 1.54) is 4.68 Å². The van der Waals surface area contributed by atoms with Gasteiger partial charge in [0.05, 0.1) is 5.69 Å². The molecule has 4 nitrogen and oxygen atoms in total. The van der Waals surface area contributed by atoms with Crippen LogP contribution in [-0.2, 0) is 15.6 Å². The highest BCUT2D eigenvalue weighted by Gasteiger charge is 2.27. The zero-order valence-corrected chi connectivity index (χ0v) is 13.3. The molecule has 0 radical (unpaired) electrons. The summed E-state index contributed by atoms with van der Waals surface area (Å²) in [5, 5.41) is 4.37. The second kappa shape index (κ2) is 5.80. The maximum Gasteiger partial charge on any atom is 0.266 e. The molecule has 104 valence electrons. The highest BCUT2D eigenvalue weighted by Crippen LogP contribution is 2.32. The van der Waals surface area contributed by atoms with E-state index in [2.05, 4.69) is 18.9 Å². The van der Waals surface area contributed by atoms with Gasteiger partial charge in [0.25, 0.3) is 9.05 Å². The fourth-order valence-corrected chi connectivity index (χ4v) is 3.51. The van der Waals surface area contributed by atoms with Crippen LogP contribution in [0.5, 0.6) is 0 Å². The van der Waals surface area contributed by atoms with Gasteiger partial charge in [0, 0.05) is 17.2 Å². The van der Waals surface area contributed by atoms with Gasteiger partial charge in [0.15, 0.2) is 0 Å². The van der Waals surface area contributed by atoms with Gasteiger partial charge < -0.3 is 0 Å². The molecule has 1 aromatic heterocycles. The van der Waals surface area contributed by atoms with Crippen LogP contribution in [0.25, 0.3) is 0 Å². The average molecular weight is 313 g/mol. The van der Waals surface area contributed by atoms with Gasteiger partial charge in [-0.05, 0) is 18.3 Å². The molecule has 1 rings (SSSR count). The summed E-state index contributed by atoms with van der Waals surface area (Å²) >= 11 is 6.08. The summed E-state index contributed by atoms with van der Waals surface area (Å²) in [7, 11) is 1.55. The van der Waals surface area contributed by atoms with Crippen molar-refractivity contribution in [1.29, 1.82) is 0 Å². The van der Waals surface area contributed by atoms with Crippen molar-refractivity contribution in [2.45, 2.75) is 51.5 Å². The molecule has 0 atom stereocenters. The minimum atomic E-state index is -3.87. The first-order valence-electron chi connectivity index (χ1n) is 5.85. The van der Waals surface area contributed by atoms with Crippen LogP contribution in [0.15, 0.2) is 4.90 Å². The first-order valence-corrected chi connectivity index (χ1v) is 8.54. The normalized spacial score (nSPS) is 12.7. The maximum absolute atomic E-state index is 11.6. The first kappa shape index (κ1) is 15.8. The molecule has 0 amide bonds. The van der Waals surface area contributed by atoms with E-state index < -0.39 is 9.05 Å². The van der Waals surface area contributed by atoms with Gasteiger partial charge in [-0.1, -0.05) is 39.3 Å². The lowest BCUT2D eigenvalue weighted by Gasteiger charge is -2.05. The molecule has 0 fully saturated rings. The Morgan fingerprint density at radius 2 is 1.83 bits per heavy atom. The molecular weight excluding hydrogens is 295 g/mol. The number of aryl methyl sites for hydroxylation is 1. The summed E-state index contributed by atoms with van der Waals surface area (Å²) in [4.78, 5) is -0.0513. The van der Waals surface area contributed by atoms with E-state index >= 15 is 0 Å². The van der Waals surface area contributed by atoms with Crippen LogP contribution >= 0.6 is 22.3 Å². The predicted molar refractivity (Wildman–Crippen MR) is 73.8 cm³/mol. The van der Waals surface area contributed by atoms with Crippen LogP contribution in [0, 0.1) is 5.92 Å². The quantitative estimate of drug-likeness (QED) is 0.780. The van der Waals surface area contributed by atoms with E-state index in [1.807, 2.05) is 13.8 Å². The molecule has 0 unspecified atom stereocenters. The minimum absolute atomic E-state index is 0.0497. The van der Waals surface area contributed by atoms with Crippen molar-refractivity contribution in [3.05, 3.63) is 10.8 Å². The number of aromatic nitrogens is 2. The summed E-state index contributed by atoms with van der Waals surface area (Å²) < 4.78 is 24.6. The third-order valence-electron chi connectivity index (χ3n) is 2.58. The van der Waals surface area contributed by atoms with Crippen LogP contribution in [0.4, 0.5) is 0 Å². The summed E-state index contributed by atoms with van der Waals surface area (Å²) in [6.07, 6.45) is 0.876. The summed E-state index contributed by atoms with van der Waals surface area (Å²) in [5.74, 6) is 0.440. The van der Waals surface area contributed by atoms with Crippen molar-refractivity contribution in [3.8, 4) is 0 Å². The Morgan fingerprint density at radius 3 is 2.17 bits per heavy atom. The number of rotatable bonds is 5. The molecule has 0 aromatic carbocycles. The number of hydrogen-bond donors (Lipinski definition) is 0. The fourth-order valence-electron chi connectivity index (χ4n) is 1.57. The smallest absolute Gasteiger partial charge is 0.252 e. The molecule has 7 heteroatoms. The van der Waals surface area contributed by atoms with Crippen LogP contribution in [0.2, 0.25) is 5.15 Å². The standard InChI is InChI=1S/C11H18Cl2N2O2S/c1-7(2)5-6-15-11(12)10(18(13,16)17)9(14-15)8(3)4/h7-8H,5-6H2,1-4H3. The monoisotopic (exact) mass is 312 g/mol. The van der Waals surface area contributed by atoms with Crippen LogP contribution in [-0.4, -0.2) is 18.2 Å². The third kappa shape index (κ3) is 3.62. The van der Waals surface area contributed by atoms with Crippen molar-refractivity contribution in [3.63, 3.8) is 0 Å². The van der Waals surface area contributed by atoms with Crippen molar-refractivity contribution < 1.29 is 8.42 Å². The summed E-state index contributed by atoms with van der Waals surface area (Å²) in [6.45, 7) is 8.47. The largest absolute Gasteiger partial charge is 0.266 e. The molecule has 0 spiro atoms. The highest BCUT2D eigenvalue weighted by atomic mass is 35.7. The number of halogens is 2. The first-order chi connectivity index (χ1) is 8.14. The van der Waals surface area contributed by atoms with Gasteiger partial charge in [-0.3, -0.25) is 4.68 Å². The number of nitrogens with zero attached hydrogens (tertiary/aromatic N) is 2. The second-order valence-corrected chi connectivity index (χ2v) is 7.86. The minimum Gasteiger partial charge on any atom is -0.252 e.